The number of unbranched alkanes of at least 4 members (excludes halogenated alkanes) is 1. The first-order valence-corrected chi connectivity index (χ1v) is 28.3. The smallest absolute Gasteiger partial charge is 0.245 e. The monoisotopic (exact) mass is 1150 g/mol. The number of carbonyl (C=O) groups excluding carboxylic acids is 11. The first-order valence-electron chi connectivity index (χ1n) is 28.3. The van der Waals surface area contributed by atoms with Crippen LogP contribution in [0.3, 0.4) is 0 Å². The number of aliphatic hydroxyl groups excluding tert-OH is 2. The molecule has 1 saturated heterocycles. The maximum Gasteiger partial charge on any atom is 0.245 e. The molecule has 29 heteroatoms. The summed E-state index contributed by atoms with van der Waals surface area (Å²) in [6.45, 7) is 12.6. The van der Waals surface area contributed by atoms with E-state index in [4.69, 9.17) is 28.7 Å². The summed E-state index contributed by atoms with van der Waals surface area (Å²) in [6.07, 6.45) is -1.81. The van der Waals surface area contributed by atoms with Gasteiger partial charge in [0.15, 0.2) is 0 Å². The fraction of sp³-hybridized carbons (Fsp3) is 0.788. The van der Waals surface area contributed by atoms with Crippen molar-refractivity contribution in [1.29, 1.82) is 0 Å². The standard InChI is InChI=1S/C52H98N16O13/c1-27(2)11-9-10-12-40(71)59-32(13-19-53)47(76)68-42(31(8)70)52(81)64-35(16-22-56)44(73)63-37-18-24-58-51(80)41(30(7)69)67-48(77)36(17-23-57)61-43(72)33(14-20-54)62-49(78)38(25-28(3)4)66-50(79)39(26-29(5)6)65-45(74)34(15-21-55)60-46(37)75/h27-39,41-42,69-70H,9-26,53-57H2,1-8H3,(H,58,80)(H,59,71)(H,60,75)(H,61,72)(H,62,78)(H,63,73)(H,64,81)(H,65,74)(H,66,79)(H,67,77)(H,68,76)/t30?,31?,32?,33?,34?,35?,36?,37?,38-,39+,41?,42?/m0/s1. The minimum absolute atomic E-state index is 0.0139. The van der Waals surface area contributed by atoms with Gasteiger partial charge in [-0.05, 0) is 122 Å². The molecule has 0 aromatic rings. The van der Waals surface area contributed by atoms with Gasteiger partial charge >= 0.3 is 0 Å². The Balaban J connectivity index is 3.83. The Morgan fingerprint density at radius 3 is 1.35 bits per heavy atom. The Morgan fingerprint density at radius 1 is 0.494 bits per heavy atom. The molecule has 0 bridgehead atoms. The van der Waals surface area contributed by atoms with E-state index in [0.29, 0.717) is 12.3 Å². The summed E-state index contributed by atoms with van der Waals surface area (Å²) in [5.41, 5.74) is 29.2. The minimum atomic E-state index is -1.69. The summed E-state index contributed by atoms with van der Waals surface area (Å²) in [4.78, 5) is 152. The number of hydrogen-bond donors (Lipinski definition) is 18. The highest BCUT2D eigenvalue weighted by molar-refractivity contribution is 5.99. The number of hydrogen-bond acceptors (Lipinski definition) is 18. The van der Waals surface area contributed by atoms with Crippen molar-refractivity contribution < 1.29 is 63.0 Å². The normalized spacial score (nSPS) is 23.2. The van der Waals surface area contributed by atoms with Crippen molar-refractivity contribution in [3.8, 4) is 0 Å². The van der Waals surface area contributed by atoms with E-state index < -0.39 is 151 Å². The molecule has 1 fully saturated rings. The number of amides is 11. The Hall–Kier alpha value is -6.11. The molecule has 0 aromatic heterocycles. The van der Waals surface area contributed by atoms with Gasteiger partial charge in [-0.25, -0.2) is 0 Å². The fourth-order valence-corrected chi connectivity index (χ4v) is 8.62. The van der Waals surface area contributed by atoms with Gasteiger partial charge in [0.25, 0.3) is 0 Å². The largest absolute Gasteiger partial charge is 0.391 e. The van der Waals surface area contributed by atoms with Gasteiger partial charge < -0.3 is 97.4 Å². The van der Waals surface area contributed by atoms with Crippen LogP contribution in [0.5, 0.6) is 0 Å². The van der Waals surface area contributed by atoms with Gasteiger partial charge in [-0.1, -0.05) is 54.4 Å². The number of carbonyl (C=O) groups is 11. The summed E-state index contributed by atoms with van der Waals surface area (Å²) in [5.74, 6) is -9.55. The van der Waals surface area contributed by atoms with Crippen LogP contribution in [-0.4, -0.2) is 187 Å². The Labute approximate surface area is 475 Å². The lowest BCUT2D eigenvalue weighted by molar-refractivity contribution is -0.137. The molecule has 1 aliphatic rings. The predicted molar refractivity (Wildman–Crippen MR) is 301 cm³/mol. The Bertz CT molecular complexity index is 2050. The van der Waals surface area contributed by atoms with Crippen LogP contribution in [0.15, 0.2) is 0 Å². The van der Waals surface area contributed by atoms with E-state index in [1.807, 2.05) is 0 Å². The number of rotatable bonds is 28. The molecule has 464 valence electrons. The van der Waals surface area contributed by atoms with Crippen LogP contribution in [0.2, 0.25) is 0 Å². The van der Waals surface area contributed by atoms with Crippen LogP contribution < -0.4 is 87.2 Å². The second kappa shape index (κ2) is 38.6. The molecular formula is C52H98N16O13. The molecule has 0 spiro atoms. The number of nitrogens with two attached hydrogens (primary N) is 5. The molecule has 10 unspecified atom stereocenters. The molecule has 1 heterocycles. The summed E-state index contributed by atoms with van der Waals surface area (Å²) < 4.78 is 0. The van der Waals surface area contributed by atoms with Crippen molar-refractivity contribution in [2.45, 2.75) is 205 Å². The van der Waals surface area contributed by atoms with Crippen molar-refractivity contribution in [3.63, 3.8) is 0 Å². The van der Waals surface area contributed by atoms with Crippen LogP contribution in [-0.2, 0) is 52.7 Å². The van der Waals surface area contributed by atoms with Crippen LogP contribution in [0.4, 0.5) is 0 Å². The second-order valence-corrected chi connectivity index (χ2v) is 21.9. The molecule has 0 aliphatic carbocycles. The van der Waals surface area contributed by atoms with E-state index in [-0.39, 0.29) is 95.9 Å². The topological polar surface area (TPSA) is 491 Å². The molecular weight excluding hydrogens is 1060 g/mol. The van der Waals surface area contributed by atoms with Gasteiger partial charge in [-0.15, -0.1) is 0 Å². The fourth-order valence-electron chi connectivity index (χ4n) is 8.62. The quantitative estimate of drug-likeness (QED) is 0.0325. The van der Waals surface area contributed by atoms with Crippen molar-refractivity contribution in [2.24, 2.45) is 46.4 Å². The van der Waals surface area contributed by atoms with Crippen LogP contribution in [0, 0.1) is 17.8 Å². The molecule has 0 saturated carbocycles. The highest BCUT2D eigenvalue weighted by Gasteiger charge is 2.37. The maximum absolute atomic E-state index is 14.4. The van der Waals surface area contributed by atoms with E-state index in [9.17, 15) is 63.0 Å². The molecule has 23 N–H and O–H groups in total. The predicted octanol–water partition coefficient (Wildman–Crippen LogP) is -5.83. The van der Waals surface area contributed by atoms with Gasteiger partial charge in [0, 0.05) is 13.0 Å². The van der Waals surface area contributed by atoms with Gasteiger partial charge in [0.05, 0.1) is 12.2 Å². The third-order valence-corrected chi connectivity index (χ3v) is 13.1. The number of nitrogens with one attached hydrogen (secondary N) is 11. The number of aliphatic hydroxyl groups is 2. The molecule has 81 heavy (non-hydrogen) atoms. The highest BCUT2D eigenvalue weighted by atomic mass is 16.3. The van der Waals surface area contributed by atoms with Crippen molar-refractivity contribution in [2.75, 3.05) is 39.3 Å². The Kier molecular flexibility index (Phi) is 34.7. The van der Waals surface area contributed by atoms with E-state index >= 15 is 0 Å². The molecule has 12 atom stereocenters. The maximum atomic E-state index is 14.4. The SMILES string of the molecule is CC(C)CCCCC(=O)NC(CCN)C(=O)NC(C(=O)NC(CCN)C(=O)NC1CCNC(=O)C(C(C)O)NC(=O)C(CCN)NC(=O)C(CCN)NC(=O)[C@H](CC(C)C)NC(=O)[C@@H](CC(C)C)NC(=O)C(CCN)NC1=O)C(C)O. The molecule has 1 aliphatic heterocycles. The van der Waals surface area contributed by atoms with E-state index in [0.717, 1.165) is 12.8 Å². The summed E-state index contributed by atoms with van der Waals surface area (Å²) in [7, 11) is 0. The summed E-state index contributed by atoms with van der Waals surface area (Å²) in [5, 5.41) is 49.5. The van der Waals surface area contributed by atoms with Crippen LogP contribution in [0.1, 0.15) is 132 Å². The molecule has 11 amide bonds. The minimum Gasteiger partial charge on any atom is -0.391 e. The Morgan fingerprint density at radius 2 is 0.926 bits per heavy atom. The zero-order valence-corrected chi connectivity index (χ0v) is 48.7. The van der Waals surface area contributed by atoms with E-state index in [1.165, 1.54) is 13.8 Å². The average molecular weight is 1160 g/mol. The zero-order valence-electron chi connectivity index (χ0n) is 48.7. The van der Waals surface area contributed by atoms with Crippen molar-refractivity contribution in [3.05, 3.63) is 0 Å². The zero-order chi connectivity index (χ0) is 61.5. The van der Waals surface area contributed by atoms with Crippen LogP contribution >= 0.6 is 0 Å². The highest BCUT2D eigenvalue weighted by Crippen LogP contribution is 2.13. The van der Waals surface area contributed by atoms with Gasteiger partial charge in [-0.2, -0.15) is 0 Å². The van der Waals surface area contributed by atoms with Gasteiger partial charge in [-0.3, -0.25) is 52.7 Å². The lowest BCUT2D eigenvalue weighted by Crippen LogP contribution is -2.62. The summed E-state index contributed by atoms with van der Waals surface area (Å²) in [6, 6.07) is -14.5. The van der Waals surface area contributed by atoms with Gasteiger partial charge in [0.2, 0.25) is 65.0 Å². The summed E-state index contributed by atoms with van der Waals surface area (Å²) >= 11 is 0. The van der Waals surface area contributed by atoms with Gasteiger partial charge in [0.1, 0.15) is 60.4 Å². The van der Waals surface area contributed by atoms with Crippen LogP contribution in [0.25, 0.3) is 0 Å². The van der Waals surface area contributed by atoms with Crippen molar-refractivity contribution in [1.82, 2.24) is 58.5 Å². The first-order chi connectivity index (χ1) is 38.1. The third-order valence-electron chi connectivity index (χ3n) is 13.1. The lowest BCUT2D eigenvalue weighted by atomic mass is 9.99. The van der Waals surface area contributed by atoms with Crippen molar-refractivity contribution >= 4 is 65.0 Å². The molecule has 0 radical (unpaired) electrons. The molecule has 29 nitrogen and oxygen atoms in total. The average Bonchev–Trinajstić information content (AvgIpc) is 3.41. The second-order valence-electron chi connectivity index (χ2n) is 21.9. The molecule has 1 rings (SSSR count). The first kappa shape index (κ1) is 72.9. The molecule has 0 aromatic carbocycles. The van der Waals surface area contributed by atoms with E-state index in [1.54, 1.807) is 27.7 Å². The lowest BCUT2D eigenvalue weighted by Gasteiger charge is -2.29. The van der Waals surface area contributed by atoms with E-state index in [2.05, 4.69) is 72.3 Å². The third kappa shape index (κ3) is 27.5.